The van der Waals surface area contributed by atoms with Crippen molar-refractivity contribution in [1.82, 2.24) is 4.72 Å². The Balaban J connectivity index is 2.11. The number of rotatable bonds is 5. The lowest BCUT2D eigenvalue weighted by Crippen LogP contribution is -2.23. The summed E-state index contributed by atoms with van der Waals surface area (Å²) in [5.41, 5.74) is -0.472. The van der Waals surface area contributed by atoms with Crippen LogP contribution in [0.4, 0.5) is 13.2 Å². The Morgan fingerprint density at radius 3 is 1.76 bits per heavy atom. The van der Waals surface area contributed by atoms with E-state index in [2.05, 4.69) is 4.72 Å². The zero-order valence-corrected chi connectivity index (χ0v) is 14.5. The van der Waals surface area contributed by atoms with Gasteiger partial charge in [0.2, 0.25) is 10.0 Å². The van der Waals surface area contributed by atoms with Crippen LogP contribution in [0.1, 0.15) is 11.1 Å². The Bertz CT molecular complexity index is 949. The molecule has 1 N–H and O–H groups in total. The number of nitrogens with one attached hydrogen (secondary N) is 1. The van der Waals surface area contributed by atoms with Crippen LogP contribution >= 0.6 is 0 Å². The minimum Gasteiger partial charge on any atom is -0.224 e. The van der Waals surface area contributed by atoms with Crippen LogP contribution in [-0.2, 0) is 32.6 Å². The van der Waals surface area contributed by atoms with Gasteiger partial charge in [0.05, 0.1) is 15.4 Å². The number of hydrogen-bond donors (Lipinski definition) is 1. The first-order chi connectivity index (χ1) is 11.4. The predicted molar refractivity (Wildman–Crippen MR) is 85.0 cm³/mol. The first-order valence-electron chi connectivity index (χ1n) is 6.85. The Labute approximate surface area is 143 Å². The minimum absolute atomic E-state index is 0.0193. The summed E-state index contributed by atoms with van der Waals surface area (Å²) >= 11 is 0. The van der Waals surface area contributed by atoms with Crippen LogP contribution in [0.15, 0.2) is 58.3 Å². The van der Waals surface area contributed by atoms with E-state index in [1.54, 1.807) is 0 Å². The first-order valence-corrected chi connectivity index (χ1v) is 10.2. The molecular weight excluding hydrogens is 379 g/mol. The molecule has 25 heavy (non-hydrogen) atoms. The van der Waals surface area contributed by atoms with Gasteiger partial charge in [-0.15, -0.1) is 0 Å². The number of sulfonamides is 1. The molecule has 10 heteroatoms. The third-order valence-electron chi connectivity index (χ3n) is 3.31. The average Bonchev–Trinajstić information content (AvgIpc) is 2.52. The van der Waals surface area contributed by atoms with Crippen molar-refractivity contribution in [1.29, 1.82) is 0 Å². The molecule has 0 spiro atoms. The van der Waals surface area contributed by atoms with Crippen molar-refractivity contribution in [3.8, 4) is 0 Å². The van der Waals surface area contributed by atoms with Gasteiger partial charge in [0.15, 0.2) is 9.84 Å². The number of sulfone groups is 1. The Kier molecular flexibility index (Phi) is 5.26. The summed E-state index contributed by atoms with van der Waals surface area (Å²) in [6.07, 6.45) is -3.46. The summed E-state index contributed by atoms with van der Waals surface area (Å²) in [6, 6.07) is 8.71. The standard InChI is InChI=1S/C15H14F3NO4S2/c1-24(20,21)13-6-8-14(9-7-13)25(22,23)19-10-11-2-4-12(5-3-11)15(16,17)18/h2-9,19H,10H2,1H3. The molecule has 0 saturated carbocycles. The molecule has 0 aliphatic rings. The fourth-order valence-electron chi connectivity index (χ4n) is 1.94. The zero-order chi connectivity index (χ0) is 18.9. The highest BCUT2D eigenvalue weighted by atomic mass is 32.2. The van der Waals surface area contributed by atoms with Gasteiger partial charge in [-0.3, -0.25) is 0 Å². The van der Waals surface area contributed by atoms with E-state index in [4.69, 9.17) is 0 Å². The number of hydrogen-bond acceptors (Lipinski definition) is 4. The Morgan fingerprint density at radius 1 is 0.840 bits per heavy atom. The summed E-state index contributed by atoms with van der Waals surface area (Å²) in [4.78, 5) is -0.166. The molecule has 0 bridgehead atoms. The number of halogens is 3. The lowest BCUT2D eigenvalue weighted by atomic mass is 10.1. The highest BCUT2D eigenvalue weighted by Gasteiger charge is 2.29. The maximum Gasteiger partial charge on any atom is 0.416 e. The zero-order valence-electron chi connectivity index (χ0n) is 12.9. The second kappa shape index (κ2) is 6.77. The second-order valence-corrected chi connectivity index (χ2v) is 9.05. The first kappa shape index (κ1) is 19.4. The van der Waals surface area contributed by atoms with Crippen LogP contribution in [0.5, 0.6) is 0 Å². The molecule has 0 aliphatic carbocycles. The van der Waals surface area contributed by atoms with Crippen molar-refractivity contribution in [3.63, 3.8) is 0 Å². The van der Waals surface area contributed by atoms with E-state index in [9.17, 15) is 30.0 Å². The Hall–Kier alpha value is -1.91. The molecule has 5 nitrogen and oxygen atoms in total. The molecule has 136 valence electrons. The van der Waals surface area contributed by atoms with E-state index in [0.29, 0.717) is 5.56 Å². The molecule has 0 amide bonds. The molecule has 0 atom stereocenters. The van der Waals surface area contributed by atoms with E-state index in [1.165, 1.54) is 24.3 Å². The molecule has 0 unspecified atom stereocenters. The van der Waals surface area contributed by atoms with Crippen LogP contribution < -0.4 is 4.72 Å². The quantitative estimate of drug-likeness (QED) is 0.847. The van der Waals surface area contributed by atoms with Gasteiger partial charge in [0.25, 0.3) is 0 Å². The van der Waals surface area contributed by atoms with Crippen LogP contribution in [-0.4, -0.2) is 23.1 Å². The van der Waals surface area contributed by atoms with Crippen molar-refractivity contribution in [2.24, 2.45) is 0 Å². The van der Waals surface area contributed by atoms with Gasteiger partial charge >= 0.3 is 6.18 Å². The molecule has 0 aliphatic heterocycles. The van der Waals surface area contributed by atoms with E-state index in [-0.39, 0.29) is 16.3 Å². The largest absolute Gasteiger partial charge is 0.416 e. The normalized spacial score (nSPS) is 13.0. The van der Waals surface area contributed by atoms with Crippen molar-refractivity contribution >= 4 is 19.9 Å². The summed E-state index contributed by atoms with van der Waals surface area (Å²) in [5.74, 6) is 0. The van der Waals surface area contributed by atoms with Crippen LogP contribution in [0.3, 0.4) is 0 Å². The van der Waals surface area contributed by atoms with Gasteiger partial charge in [0, 0.05) is 12.8 Å². The van der Waals surface area contributed by atoms with Crippen molar-refractivity contribution in [3.05, 3.63) is 59.7 Å². The number of alkyl halides is 3. The van der Waals surface area contributed by atoms with Crippen molar-refractivity contribution < 1.29 is 30.0 Å². The lowest BCUT2D eigenvalue weighted by Gasteiger charge is -2.09. The monoisotopic (exact) mass is 393 g/mol. The van der Waals surface area contributed by atoms with Gasteiger partial charge in [-0.1, -0.05) is 12.1 Å². The summed E-state index contributed by atoms with van der Waals surface area (Å²) in [5, 5.41) is 0. The van der Waals surface area contributed by atoms with Crippen LogP contribution in [0, 0.1) is 0 Å². The van der Waals surface area contributed by atoms with Crippen LogP contribution in [0.2, 0.25) is 0 Å². The van der Waals surface area contributed by atoms with Gasteiger partial charge in [0.1, 0.15) is 0 Å². The fourth-order valence-corrected chi connectivity index (χ4v) is 3.59. The smallest absolute Gasteiger partial charge is 0.224 e. The highest BCUT2D eigenvalue weighted by Crippen LogP contribution is 2.29. The molecule has 2 aromatic rings. The third-order valence-corrected chi connectivity index (χ3v) is 5.86. The third kappa shape index (κ3) is 5.03. The maximum absolute atomic E-state index is 12.5. The number of benzene rings is 2. The molecular formula is C15H14F3NO4S2. The average molecular weight is 393 g/mol. The minimum atomic E-state index is -4.46. The van der Waals surface area contributed by atoms with Gasteiger partial charge in [-0.2, -0.15) is 13.2 Å². The predicted octanol–water partition coefficient (Wildman–Crippen LogP) is 2.59. The van der Waals surface area contributed by atoms with Crippen molar-refractivity contribution in [2.75, 3.05) is 6.26 Å². The van der Waals surface area contributed by atoms with Crippen molar-refractivity contribution in [2.45, 2.75) is 22.5 Å². The lowest BCUT2D eigenvalue weighted by molar-refractivity contribution is -0.137. The van der Waals surface area contributed by atoms with Gasteiger partial charge in [-0.05, 0) is 42.0 Å². The van der Waals surface area contributed by atoms with E-state index in [0.717, 1.165) is 30.5 Å². The topological polar surface area (TPSA) is 80.3 Å². The Morgan fingerprint density at radius 2 is 1.32 bits per heavy atom. The fraction of sp³-hybridized carbons (Fsp3) is 0.200. The molecule has 0 heterocycles. The molecule has 2 aromatic carbocycles. The maximum atomic E-state index is 12.5. The van der Waals surface area contributed by atoms with Gasteiger partial charge < -0.3 is 0 Å². The summed E-state index contributed by atoms with van der Waals surface area (Å²) in [7, 11) is -7.37. The van der Waals surface area contributed by atoms with Gasteiger partial charge in [-0.25, -0.2) is 21.6 Å². The summed E-state index contributed by atoms with van der Waals surface area (Å²) in [6.45, 7) is -0.200. The second-order valence-electron chi connectivity index (χ2n) is 5.26. The summed E-state index contributed by atoms with van der Waals surface area (Å²) < 4.78 is 86.7. The van der Waals surface area contributed by atoms with Crippen LogP contribution in [0.25, 0.3) is 0 Å². The molecule has 0 aromatic heterocycles. The SMILES string of the molecule is CS(=O)(=O)c1ccc(S(=O)(=O)NCc2ccc(C(F)(F)F)cc2)cc1. The molecule has 0 radical (unpaired) electrons. The highest BCUT2D eigenvalue weighted by molar-refractivity contribution is 7.90. The molecule has 0 fully saturated rings. The van der Waals surface area contributed by atoms with E-state index in [1.807, 2.05) is 0 Å². The van der Waals surface area contributed by atoms with E-state index >= 15 is 0 Å². The van der Waals surface area contributed by atoms with E-state index < -0.39 is 31.6 Å². The molecule has 0 saturated heterocycles. The molecule has 2 rings (SSSR count).